The molecule has 1 N–H and O–H groups in total. The molecule has 0 spiro atoms. The van der Waals surface area contributed by atoms with E-state index in [9.17, 15) is 18.0 Å². The van der Waals surface area contributed by atoms with Crippen molar-refractivity contribution < 1.29 is 13.2 Å². The molecule has 0 bridgehead atoms. The molecule has 4 aromatic rings. The fourth-order valence-electron chi connectivity index (χ4n) is 5.20. The molecule has 0 saturated carbocycles. The van der Waals surface area contributed by atoms with Gasteiger partial charge in [-0.3, -0.25) is 14.7 Å². The van der Waals surface area contributed by atoms with Gasteiger partial charge in [0.05, 0.1) is 11.6 Å². The van der Waals surface area contributed by atoms with Gasteiger partial charge in [-0.25, -0.2) is 14.3 Å². The molecule has 8 nitrogen and oxygen atoms in total. The highest BCUT2D eigenvalue weighted by Crippen LogP contribution is 2.30. The summed E-state index contributed by atoms with van der Waals surface area (Å²) in [5.41, 5.74) is 4.69. The molecule has 1 atom stereocenters. The predicted molar refractivity (Wildman–Crippen MR) is 154 cm³/mol. The molecule has 3 aromatic heterocycles. The van der Waals surface area contributed by atoms with E-state index in [1.807, 2.05) is 53.8 Å². The Labute approximate surface area is 237 Å². The molecular formula is C30H36F3N7O. The average molecular weight is 568 g/mol. The van der Waals surface area contributed by atoms with Crippen molar-refractivity contribution in [3.05, 3.63) is 69.9 Å². The number of anilines is 2. The van der Waals surface area contributed by atoms with E-state index in [-0.39, 0.29) is 23.6 Å². The van der Waals surface area contributed by atoms with Gasteiger partial charge in [0, 0.05) is 54.9 Å². The van der Waals surface area contributed by atoms with Crippen LogP contribution >= 0.6 is 0 Å². The number of alkyl halides is 3. The van der Waals surface area contributed by atoms with Gasteiger partial charge in [-0.2, -0.15) is 18.2 Å². The van der Waals surface area contributed by atoms with E-state index in [1.165, 1.54) is 6.92 Å². The maximum absolute atomic E-state index is 13.4. The van der Waals surface area contributed by atoms with Crippen LogP contribution < -0.4 is 10.9 Å². The van der Waals surface area contributed by atoms with Gasteiger partial charge in [-0.15, -0.1) is 0 Å². The van der Waals surface area contributed by atoms with E-state index in [0.717, 1.165) is 28.2 Å². The minimum absolute atomic E-state index is 0.0107. The summed E-state index contributed by atoms with van der Waals surface area (Å²) in [5.74, 6) is -1.03. The van der Waals surface area contributed by atoms with Crippen LogP contribution in [0.4, 0.5) is 24.8 Å². The number of halogens is 3. The largest absolute Gasteiger partial charge is 0.392 e. The van der Waals surface area contributed by atoms with Crippen molar-refractivity contribution in [3.8, 4) is 5.69 Å². The van der Waals surface area contributed by atoms with Gasteiger partial charge >= 0.3 is 6.18 Å². The van der Waals surface area contributed by atoms with Crippen LogP contribution in [0.15, 0.2) is 47.5 Å². The van der Waals surface area contributed by atoms with Gasteiger partial charge in [0.15, 0.2) is 5.65 Å². The lowest BCUT2D eigenvalue weighted by Gasteiger charge is -2.31. The summed E-state index contributed by atoms with van der Waals surface area (Å²) in [4.78, 5) is 29.0. The Morgan fingerprint density at radius 3 is 2.46 bits per heavy atom. The number of nitrogens with one attached hydrogen (secondary N) is 1. The SMILES string of the molecule is CC(C)n1c(=O)c2cnc(Nc3ccc4c(c3)CCN(CC(C)C(F)(F)F)C4)nc2n1-c1ccnc(C(C)(C)C)c1. The smallest absolute Gasteiger partial charge is 0.324 e. The van der Waals surface area contributed by atoms with Gasteiger partial charge in [-0.05, 0) is 55.7 Å². The van der Waals surface area contributed by atoms with Gasteiger partial charge < -0.3 is 5.32 Å². The number of rotatable bonds is 6. The van der Waals surface area contributed by atoms with Crippen LogP contribution in [0, 0.1) is 5.92 Å². The summed E-state index contributed by atoms with van der Waals surface area (Å²) in [6.45, 7) is 12.4. The van der Waals surface area contributed by atoms with Crippen LogP contribution in [0.2, 0.25) is 0 Å². The van der Waals surface area contributed by atoms with Crippen LogP contribution in [0.1, 0.15) is 64.4 Å². The van der Waals surface area contributed by atoms with Crippen molar-refractivity contribution >= 4 is 22.7 Å². The van der Waals surface area contributed by atoms with Crippen molar-refractivity contribution in [2.24, 2.45) is 5.92 Å². The van der Waals surface area contributed by atoms with Crippen molar-refractivity contribution in [2.45, 2.75) is 72.1 Å². The van der Waals surface area contributed by atoms with Gasteiger partial charge in [0.2, 0.25) is 5.95 Å². The summed E-state index contributed by atoms with van der Waals surface area (Å²) in [7, 11) is 0. The number of hydrogen-bond donors (Lipinski definition) is 1. The number of benzene rings is 1. The highest BCUT2D eigenvalue weighted by atomic mass is 19.4. The first-order chi connectivity index (χ1) is 19.2. The zero-order valence-electron chi connectivity index (χ0n) is 24.3. The molecule has 218 valence electrons. The second-order valence-corrected chi connectivity index (χ2v) is 12.2. The summed E-state index contributed by atoms with van der Waals surface area (Å²) >= 11 is 0. The topological polar surface area (TPSA) is 80.9 Å². The van der Waals surface area contributed by atoms with Crippen LogP contribution in [0.3, 0.4) is 0 Å². The molecule has 0 amide bonds. The van der Waals surface area contributed by atoms with Crippen molar-refractivity contribution in [3.63, 3.8) is 0 Å². The lowest BCUT2D eigenvalue weighted by Crippen LogP contribution is -2.38. The van der Waals surface area contributed by atoms with Crippen molar-refractivity contribution in [2.75, 3.05) is 18.4 Å². The molecule has 0 radical (unpaired) electrons. The van der Waals surface area contributed by atoms with E-state index in [1.54, 1.807) is 17.1 Å². The van der Waals surface area contributed by atoms with Crippen LogP contribution in [0.5, 0.6) is 0 Å². The van der Waals surface area contributed by atoms with Crippen LogP contribution in [0.25, 0.3) is 16.7 Å². The van der Waals surface area contributed by atoms with Gasteiger partial charge in [-0.1, -0.05) is 33.8 Å². The fraction of sp³-hybridized carbons (Fsp3) is 0.467. The van der Waals surface area contributed by atoms with E-state index < -0.39 is 12.1 Å². The molecule has 1 aliphatic heterocycles. The normalized spacial score (nSPS) is 15.4. The maximum atomic E-state index is 13.4. The zero-order valence-corrected chi connectivity index (χ0v) is 24.3. The molecule has 1 aliphatic rings. The first-order valence-electron chi connectivity index (χ1n) is 13.9. The molecule has 1 unspecified atom stereocenters. The quantitative estimate of drug-likeness (QED) is 0.301. The molecular weight excluding hydrogens is 531 g/mol. The fourth-order valence-corrected chi connectivity index (χ4v) is 5.20. The average Bonchev–Trinajstić information content (AvgIpc) is 3.19. The second-order valence-electron chi connectivity index (χ2n) is 12.2. The monoisotopic (exact) mass is 567 g/mol. The number of fused-ring (bicyclic) bond motifs is 2. The molecule has 11 heteroatoms. The Morgan fingerprint density at radius 1 is 1.02 bits per heavy atom. The summed E-state index contributed by atoms with van der Waals surface area (Å²) in [6, 6.07) is 9.54. The number of aromatic nitrogens is 5. The minimum Gasteiger partial charge on any atom is -0.324 e. The predicted octanol–water partition coefficient (Wildman–Crippen LogP) is 6.16. The molecule has 0 aliphatic carbocycles. The van der Waals surface area contributed by atoms with E-state index in [2.05, 4.69) is 36.1 Å². The summed E-state index contributed by atoms with van der Waals surface area (Å²) < 4.78 is 42.6. The molecule has 5 rings (SSSR count). The molecule has 41 heavy (non-hydrogen) atoms. The Kier molecular flexibility index (Phi) is 7.44. The van der Waals surface area contributed by atoms with E-state index in [0.29, 0.717) is 36.5 Å². The Morgan fingerprint density at radius 2 is 1.78 bits per heavy atom. The third-order valence-corrected chi connectivity index (χ3v) is 7.51. The van der Waals surface area contributed by atoms with Crippen molar-refractivity contribution in [1.29, 1.82) is 0 Å². The minimum atomic E-state index is -4.19. The Bertz CT molecular complexity index is 1630. The second kappa shape index (κ2) is 10.6. The van der Waals surface area contributed by atoms with Crippen LogP contribution in [-0.2, 0) is 18.4 Å². The standard InChI is InChI=1S/C30H36F3N7O/c1-18(2)39-27(41)24-15-35-28(37-26(24)40(39)23-9-11-34-25(14-23)29(4,5)6)36-22-8-7-21-17-38(12-10-20(21)13-22)16-19(3)30(31,32)33/h7-9,11,13-15,18-19H,10,12,16-17H2,1-6H3,(H,35,36,37). The molecule has 1 aromatic carbocycles. The molecule has 0 saturated heterocycles. The summed E-state index contributed by atoms with van der Waals surface area (Å²) in [6.07, 6.45) is -0.242. The lowest BCUT2D eigenvalue weighted by molar-refractivity contribution is -0.174. The first-order valence-corrected chi connectivity index (χ1v) is 13.9. The van der Waals surface area contributed by atoms with E-state index in [4.69, 9.17) is 4.98 Å². The number of pyridine rings is 1. The van der Waals surface area contributed by atoms with Gasteiger partial charge in [0.25, 0.3) is 5.56 Å². The molecule has 0 fully saturated rings. The lowest BCUT2D eigenvalue weighted by atomic mass is 9.91. The third-order valence-electron chi connectivity index (χ3n) is 7.51. The number of nitrogens with zero attached hydrogens (tertiary/aromatic N) is 6. The molecule has 4 heterocycles. The Hall–Kier alpha value is -3.73. The Balaban J connectivity index is 1.46. The number of hydrogen-bond acceptors (Lipinski definition) is 6. The summed E-state index contributed by atoms with van der Waals surface area (Å²) in [5, 5.41) is 3.67. The first kappa shape index (κ1) is 28.8. The maximum Gasteiger partial charge on any atom is 0.392 e. The van der Waals surface area contributed by atoms with Crippen molar-refractivity contribution in [1.82, 2.24) is 29.2 Å². The highest BCUT2D eigenvalue weighted by Gasteiger charge is 2.37. The highest BCUT2D eigenvalue weighted by molar-refractivity contribution is 5.77. The van der Waals surface area contributed by atoms with Crippen LogP contribution in [-0.4, -0.2) is 48.5 Å². The van der Waals surface area contributed by atoms with E-state index >= 15 is 0 Å². The zero-order chi connectivity index (χ0) is 29.7. The van der Waals surface area contributed by atoms with Gasteiger partial charge in [0.1, 0.15) is 5.39 Å². The third kappa shape index (κ3) is 5.86.